The van der Waals surface area contributed by atoms with Crippen molar-refractivity contribution in [3.05, 3.63) is 89.0 Å². The number of carbonyl (C=O) groups excluding carboxylic acids is 2. The van der Waals surface area contributed by atoms with Crippen molar-refractivity contribution >= 4 is 34.4 Å². The number of amides is 1. The third kappa shape index (κ3) is 3.36. The van der Waals surface area contributed by atoms with Gasteiger partial charge in [-0.1, -0.05) is 24.3 Å². The molecular weight excluding hydrogens is 434 g/mol. The Balaban J connectivity index is 1.73. The lowest BCUT2D eigenvalue weighted by Gasteiger charge is -2.23. The van der Waals surface area contributed by atoms with Crippen molar-refractivity contribution < 1.29 is 24.5 Å². The molecule has 4 aromatic rings. The van der Waals surface area contributed by atoms with Gasteiger partial charge in [0.1, 0.15) is 17.3 Å². The maximum Gasteiger partial charge on any atom is 0.302 e. The van der Waals surface area contributed by atoms with E-state index >= 15 is 0 Å². The van der Waals surface area contributed by atoms with Gasteiger partial charge < -0.3 is 19.9 Å². The number of H-pyrrole nitrogens is 1. The molecule has 0 aliphatic carbocycles. The Hall–Kier alpha value is -4.59. The van der Waals surface area contributed by atoms with Crippen molar-refractivity contribution in [3.63, 3.8) is 0 Å². The molecule has 1 aromatic heterocycles. The number of fused-ring (bicyclic) bond motifs is 1. The number of aryl methyl sites for hydroxylation is 1. The van der Waals surface area contributed by atoms with Crippen molar-refractivity contribution in [1.82, 2.24) is 9.97 Å². The fraction of sp³-hybridized carbons (Fsp3) is 0.115. The van der Waals surface area contributed by atoms with Gasteiger partial charge in [-0.2, -0.15) is 0 Å². The van der Waals surface area contributed by atoms with Gasteiger partial charge in [-0.3, -0.25) is 14.5 Å². The number of aliphatic hydroxyl groups is 1. The molecule has 0 radical (unpaired) electrons. The van der Waals surface area contributed by atoms with E-state index in [0.717, 1.165) is 5.56 Å². The van der Waals surface area contributed by atoms with Gasteiger partial charge in [0.15, 0.2) is 0 Å². The van der Waals surface area contributed by atoms with Gasteiger partial charge >= 0.3 is 5.91 Å². The largest absolute Gasteiger partial charge is 0.508 e. The van der Waals surface area contributed by atoms with Gasteiger partial charge in [-0.15, -0.1) is 0 Å². The maximum absolute atomic E-state index is 13.3. The number of imidazole rings is 1. The summed E-state index contributed by atoms with van der Waals surface area (Å²) in [6.07, 6.45) is 0. The number of nitrogens with zero attached hydrogens (tertiary/aromatic N) is 2. The highest BCUT2D eigenvalue weighted by atomic mass is 16.5. The predicted octanol–water partition coefficient (Wildman–Crippen LogP) is 4.21. The van der Waals surface area contributed by atoms with Crippen LogP contribution in [-0.2, 0) is 9.59 Å². The lowest BCUT2D eigenvalue weighted by Crippen LogP contribution is -2.30. The van der Waals surface area contributed by atoms with Crippen LogP contribution in [0.15, 0.2) is 72.3 Å². The van der Waals surface area contributed by atoms with Crippen LogP contribution in [0.25, 0.3) is 16.8 Å². The number of aromatic amines is 1. The molecule has 3 N–H and O–H groups in total. The van der Waals surface area contributed by atoms with Crippen LogP contribution in [0.5, 0.6) is 11.5 Å². The second-order valence-electron chi connectivity index (χ2n) is 8.03. The summed E-state index contributed by atoms with van der Waals surface area (Å²) < 4.78 is 5.28. The minimum atomic E-state index is -1.00. The number of methoxy groups -OCH3 is 1. The Bertz CT molecular complexity index is 1450. The van der Waals surface area contributed by atoms with E-state index in [1.807, 2.05) is 25.1 Å². The Morgan fingerprint density at radius 3 is 2.56 bits per heavy atom. The molecule has 1 saturated heterocycles. The topological polar surface area (TPSA) is 116 Å². The average Bonchev–Trinajstić information content (AvgIpc) is 3.37. The second kappa shape index (κ2) is 8.08. The molecule has 170 valence electrons. The quantitative estimate of drug-likeness (QED) is 0.241. The van der Waals surface area contributed by atoms with Crippen LogP contribution in [-0.4, -0.2) is 39.0 Å². The molecule has 1 aliphatic heterocycles. The molecule has 0 spiro atoms. The number of hydrogen-bond donors (Lipinski definition) is 3. The summed E-state index contributed by atoms with van der Waals surface area (Å²) in [5, 5.41) is 21.4. The first-order valence-corrected chi connectivity index (χ1v) is 10.6. The molecule has 1 atom stereocenters. The second-order valence-corrected chi connectivity index (χ2v) is 8.03. The summed E-state index contributed by atoms with van der Waals surface area (Å²) >= 11 is 0. The van der Waals surface area contributed by atoms with Gasteiger partial charge in [0.05, 0.1) is 29.8 Å². The predicted molar refractivity (Wildman–Crippen MR) is 127 cm³/mol. The first-order chi connectivity index (χ1) is 16.4. The highest BCUT2D eigenvalue weighted by Crippen LogP contribution is 2.42. The Morgan fingerprint density at radius 1 is 1.06 bits per heavy atom. The fourth-order valence-electron chi connectivity index (χ4n) is 4.30. The number of phenolic OH excluding ortho intramolecular Hbond substituents is 1. The Morgan fingerprint density at radius 2 is 1.85 bits per heavy atom. The molecule has 5 rings (SSSR count). The minimum Gasteiger partial charge on any atom is -0.508 e. The van der Waals surface area contributed by atoms with E-state index in [-0.39, 0.29) is 23.0 Å². The standard InChI is InChI=1S/C26H21N3O5/c1-14-12-16(10-11-20(14)34-2)23(31)21-22(15-6-5-7-17(30)13-15)29(25(33)24(21)32)26-27-18-8-3-4-9-19(18)28-26/h3-13,22,30-31H,1-2H3,(H,27,28)/b23-21+. The number of aromatic hydroxyl groups is 1. The molecule has 1 aliphatic rings. The molecule has 0 saturated carbocycles. The van der Waals surface area contributed by atoms with E-state index in [4.69, 9.17) is 4.74 Å². The van der Waals surface area contributed by atoms with Gasteiger partial charge in [0.25, 0.3) is 5.78 Å². The number of nitrogens with one attached hydrogen (secondary N) is 1. The number of carbonyl (C=O) groups is 2. The summed E-state index contributed by atoms with van der Waals surface area (Å²) in [7, 11) is 1.54. The number of ketones is 1. The summed E-state index contributed by atoms with van der Waals surface area (Å²) in [6.45, 7) is 1.81. The zero-order valence-electron chi connectivity index (χ0n) is 18.4. The monoisotopic (exact) mass is 455 g/mol. The summed E-state index contributed by atoms with van der Waals surface area (Å²) in [5.74, 6) is -1.24. The highest BCUT2D eigenvalue weighted by Gasteiger charge is 2.48. The van der Waals surface area contributed by atoms with E-state index in [2.05, 4.69) is 9.97 Å². The van der Waals surface area contributed by atoms with E-state index in [1.54, 1.807) is 43.5 Å². The lowest BCUT2D eigenvalue weighted by atomic mass is 9.94. The fourth-order valence-corrected chi connectivity index (χ4v) is 4.30. The van der Waals surface area contributed by atoms with E-state index in [1.165, 1.54) is 17.0 Å². The van der Waals surface area contributed by atoms with Crippen molar-refractivity contribution in [3.8, 4) is 11.5 Å². The number of anilines is 1. The van der Waals surface area contributed by atoms with Crippen LogP contribution in [0.1, 0.15) is 22.7 Å². The number of aromatic nitrogens is 2. The van der Waals surface area contributed by atoms with Crippen molar-refractivity contribution in [2.45, 2.75) is 13.0 Å². The van der Waals surface area contributed by atoms with Crippen LogP contribution >= 0.6 is 0 Å². The number of para-hydroxylation sites is 2. The van der Waals surface area contributed by atoms with Crippen LogP contribution in [0.2, 0.25) is 0 Å². The number of aliphatic hydroxyl groups excluding tert-OH is 1. The number of rotatable bonds is 4. The first-order valence-electron chi connectivity index (χ1n) is 10.6. The van der Waals surface area contributed by atoms with Crippen LogP contribution in [0.4, 0.5) is 5.95 Å². The number of hydrogen-bond acceptors (Lipinski definition) is 6. The van der Waals surface area contributed by atoms with Gasteiger partial charge in [0, 0.05) is 5.56 Å². The molecule has 8 heteroatoms. The SMILES string of the molecule is COc1ccc(/C(O)=C2\C(=O)C(=O)N(c3nc4ccccc4[nH]3)C2c2cccc(O)c2)cc1C. The number of ether oxygens (including phenoxy) is 1. The number of benzene rings is 3. The molecule has 2 heterocycles. The normalized spacial score (nSPS) is 17.5. The van der Waals surface area contributed by atoms with Crippen LogP contribution in [0.3, 0.4) is 0 Å². The third-order valence-corrected chi connectivity index (χ3v) is 5.90. The average molecular weight is 455 g/mol. The smallest absolute Gasteiger partial charge is 0.302 e. The van der Waals surface area contributed by atoms with Crippen molar-refractivity contribution in [1.29, 1.82) is 0 Å². The highest BCUT2D eigenvalue weighted by molar-refractivity contribution is 6.51. The molecule has 8 nitrogen and oxygen atoms in total. The van der Waals surface area contributed by atoms with Crippen LogP contribution < -0.4 is 9.64 Å². The summed E-state index contributed by atoms with van der Waals surface area (Å²) in [4.78, 5) is 35.3. The molecule has 0 bridgehead atoms. The Labute approximate surface area is 194 Å². The number of phenols is 1. The molecule has 1 amide bonds. The number of Topliss-reactive ketones (excluding diaryl/α,β-unsaturated/α-hetero) is 1. The third-order valence-electron chi connectivity index (χ3n) is 5.90. The Kier molecular flexibility index (Phi) is 5.05. The molecule has 1 unspecified atom stereocenters. The van der Waals surface area contributed by atoms with Crippen molar-refractivity contribution in [2.24, 2.45) is 0 Å². The summed E-state index contributed by atoms with van der Waals surface area (Å²) in [5.41, 5.74) is 2.80. The van der Waals surface area contributed by atoms with Crippen molar-refractivity contribution in [2.75, 3.05) is 12.0 Å². The van der Waals surface area contributed by atoms with E-state index < -0.39 is 17.7 Å². The lowest BCUT2D eigenvalue weighted by molar-refractivity contribution is -0.132. The maximum atomic E-state index is 13.3. The van der Waals surface area contributed by atoms with E-state index in [9.17, 15) is 19.8 Å². The molecule has 34 heavy (non-hydrogen) atoms. The van der Waals surface area contributed by atoms with Gasteiger partial charge in [0.2, 0.25) is 5.95 Å². The van der Waals surface area contributed by atoms with Gasteiger partial charge in [-0.25, -0.2) is 4.98 Å². The zero-order chi connectivity index (χ0) is 24.0. The van der Waals surface area contributed by atoms with E-state index in [0.29, 0.717) is 27.9 Å². The molecule has 3 aromatic carbocycles. The van der Waals surface area contributed by atoms with Gasteiger partial charge in [-0.05, 0) is 60.5 Å². The zero-order valence-corrected chi connectivity index (χ0v) is 18.4. The minimum absolute atomic E-state index is 0.0343. The molecular formula is C26H21N3O5. The summed E-state index contributed by atoms with van der Waals surface area (Å²) in [6, 6.07) is 17.5. The molecule has 1 fully saturated rings. The first kappa shape index (κ1) is 21.3. The van der Waals surface area contributed by atoms with Crippen LogP contribution in [0, 0.1) is 6.92 Å².